The molecular weight excluding hydrogens is 226 g/mol. The van der Waals surface area contributed by atoms with Gasteiger partial charge in [0, 0.05) is 17.5 Å². The van der Waals surface area contributed by atoms with Crippen LogP contribution in [0.4, 0.5) is 5.13 Å². The first-order valence-corrected chi connectivity index (χ1v) is 6.04. The van der Waals surface area contributed by atoms with Crippen LogP contribution in [0.1, 0.15) is 25.6 Å². The van der Waals surface area contributed by atoms with E-state index in [9.17, 15) is 0 Å². The summed E-state index contributed by atoms with van der Waals surface area (Å²) in [7, 11) is 0. The first kappa shape index (κ1) is 11.2. The van der Waals surface area contributed by atoms with E-state index in [4.69, 9.17) is 9.47 Å². The molecule has 0 fully saturated rings. The van der Waals surface area contributed by atoms with Crippen molar-refractivity contribution in [3.63, 3.8) is 0 Å². The molecule has 0 saturated carbocycles. The molecule has 2 rings (SSSR count). The minimum absolute atomic E-state index is 0.361. The van der Waals surface area contributed by atoms with Crippen LogP contribution in [0, 0.1) is 0 Å². The summed E-state index contributed by atoms with van der Waals surface area (Å²) in [5.41, 5.74) is 0. The Morgan fingerprint density at radius 2 is 2.38 bits per heavy atom. The molecule has 1 aliphatic heterocycles. The number of hydrogen-bond donors (Lipinski definition) is 1. The molecule has 88 valence electrons. The summed E-state index contributed by atoms with van der Waals surface area (Å²) in [6.45, 7) is 5.98. The fourth-order valence-electron chi connectivity index (χ4n) is 1.20. The van der Waals surface area contributed by atoms with Crippen LogP contribution in [0.2, 0.25) is 0 Å². The van der Waals surface area contributed by atoms with Crippen molar-refractivity contribution in [2.45, 2.75) is 19.8 Å². The molecule has 0 saturated heterocycles. The first-order valence-electron chi connectivity index (χ1n) is 5.26. The molecule has 0 radical (unpaired) electrons. The van der Waals surface area contributed by atoms with E-state index >= 15 is 0 Å². The van der Waals surface area contributed by atoms with Crippen LogP contribution in [0.15, 0.2) is 12.0 Å². The molecule has 0 unspecified atom stereocenters. The fraction of sp³-hybridized carbons (Fsp3) is 0.600. The lowest BCUT2D eigenvalue weighted by Crippen LogP contribution is -2.14. The quantitative estimate of drug-likeness (QED) is 0.873. The van der Waals surface area contributed by atoms with Crippen molar-refractivity contribution in [2.75, 3.05) is 25.1 Å². The van der Waals surface area contributed by atoms with E-state index in [1.807, 2.05) is 0 Å². The molecule has 0 atom stereocenters. The molecule has 1 aromatic rings. The zero-order valence-electron chi connectivity index (χ0n) is 9.40. The summed E-state index contributed by atoms with van der Waals surface area (Å²) in [6, 6.07) is 0. The van der Waals surface area contributed by atoms with Gasteiger partial charge in [0.25, 0.3) is 0 Å². The maximum atomic E-state index is 5.38. The Labute approximate surface area is 98.7 Å². The Balaban J connectivity index is 1.86. The van der Waals surface area contributed by atoms with Crippen LogP contribution < -0.4 is 5.32 Å². The average Bonchev–Trinajstić information content (AvgIpc) is 2.76. The number of rotatable bonds is 4. The minimum Gasteiger partial charge on any atom is -0.494 e. The molecule has 0 aromatic carbocycles. The summed E-state index contributed by atoms with van der Waals surface area (Å²) in [4.78, 5) is 4.37. The average molecular weight is 241 g/mol. The highest BCUT2D eigenvalue weighted by molar-refractivity contribution is 7.09. The summed E-state index contributed by atoms with van der Waals surface area (Å²) in [5.74, 6) is 2.04. The number of hydrogen-bond acceptors (Lipinski definition) is 6. The van der Waals surface area contributed by atoms with Crippen molar-refractivity contribution in [3.05, 3.63) is 17.8 Å². The van der Waals surface area contributed by atoms with E-state index in [-0.39, 0.29) is 0 Å². The number of ether oxygens (including phenoxy) is 2. The van der Waals surface area contributed by atoms with Gasteiger partial charge in [-0.05, 0) is 0 Å². The van der Waals surface area contributed by atoms with Gasteiger partial charge in [-0.1, -0.05) is 13.8 Å². The molecule has 6 heteroatoms. The van der Waals surface area contributed by atoms with Gasteiger partial charge in [0.2, 0.25) is 5.13 Å². The Morgan fingerprint density at radius 1 is 1.50 bits per heavy atom. The predicted molar refractivity (Wildman–Crippen MR) is 62.5 cm³/mol. The van der Waals surface area contributed by atoms with Crippen molar-refractivity contribution in [1.29, 1.82) is 0 Å². The van der Waals surface area contributed by atoms with Crippen molar-refractivity contribution in [3.8, 4) is 0 Å². The Hall–Kier alpha value is -1.30. The molecule has 5 nitrogen and oxygen atoms in total. The highest BCUT2D eigenvalue weighted by atomic mass is 32.1. The Bertz CT molecular complexity index is 376. The van der Waals surface area contributed by atoms with E-state index in [0.29, 0.717) is 25.7 Å². The van der Waals surface area contributed by atoms with Crippen LogP contribution >= 0.6 is 11.5 Å². The molecule has 0 spiro atoms. The third-order valence-electron chi connectivity index (χ3n) is 2.08. The van der Waals surface area contributed by atoms with E-state index in [0.717, 1.165) is 16.7 Å². The molecule has 0 aliphatic carbocycles. The van der Waals surface area contributed by atoms with E-state index in [1.54, 1.807) is 6.26 Å². The molecule has 2 heterocycles. The smallest absolute Gasteiger partial charge is 0.202 e. The Kier molecular flexibility index (Phi) is 3.61. The van der Waals surface area contributed by atoms with E-state index < -0.39 is 0 Å². The van der Waals surface area contributed by atoms with Gasteiger partial charge >= 0.3 is 0 Å². The highest BCUT2D eigenvalue weighted by Crippen LogP contribution is 2.17. The van der Waals surface area contributed by atoms with Crippen LogP contribution in [0.5, 0.6) is 0 Å². The summed E-state index contributed by atoms with van der Waals surface area (Å²) in [6.07, 6.45) is 1.64. The minimum atomic E-state index is 0.361. The fourth-order valence-corrected chi connectivity index (χ4v) is 1.91. The lowest BCUT2D eigenvalue weighted by atomic mass is 10.2. The monoisotopic (exact) mass is 241 g/mol. The predicted octanol–water partition coefficient (Wildman–Crippen LogP) is 1.96. The topological polar surface area (TPSA) is 56.3 Å². The van der Waals surface area contributed by atoms with Crippen LogP contribution in [0.3, 0.4) is 0 Å². The van der Waals surface area contributed by atoms with Gasteiger partial charge in [0.1, 0.15) is 31.1 Å². The number of nitrogens with zero attached hydrogens (tertiary/aromatic N) is 2. The van der Waals surface area contributed by atoms with E-state index in [2.05, 4.69) is 28.5 Å². The normalized spacial score (nSPS) is 15.3. The van der Waals surface area contributed by atoms with Crippen molar-refractivity contribution < 1.29 is 9.47 Å². The number of aromatic nitrogens is 2. The second kappa shape index (κ2) is 5.16. The Morgan fingerprint density at radius 3 is 3.00 bits per heavy atom. The molecule has 1 N–H and O–H groups in total. The summed E-state index contributed by atoms with van der Waals surface area (Å²) < 4.78 is 14.8. The van der Waals surface area contributed by atoms with Gasteiger partial charge in [0.15, 0.2) is 0 Å². The molecule has 1 aliphatic rings. The second-order valence-electron chi connectivity index (χ2n) is 3.77. The summed E-state index contributed by atoms with van der Waals surface area (Å²) in [5, 5.41) is 3.98. The van der Waals surface area contributed by atoms with E-state index in [1.165, 1.54) is 11.5 Å². The zero-order chi connectivity index (χ0) is 11.4. The summed E-state index contributed by atoms with van der Waals surface area (Å²) >= 11 is 1.37. The van der Waals surface area contributed by atoms with Gasteiger partial charge in [-0.3, -0.25) is 0 Å². The maximum Gasteiger partial charge on any atom is 0.202 e. The molecular formula is C10H15N3O2S. The first-order chi connectivity index (χ1) is 7.75. The standard InChI is InChI=1S/C10H15N3O2S/c1-7(2)9-12-10(16-13-9)11-5-8-6-14-3-4-15-8/h6-7H,3-5H2,1-2H3,(H,11,12,13). The highest BCUT2D eigenvalue weighted by Gasteiger charge is 2.09. The molecule has 0 amide bonds. The van der Waals surface area contributed by atoms with Gasteiger partial charge < -0.3 is 14.8 Å². The van der Waals surface area contributed by atoms with Gasteiger partial charge in [-0.2, -0.15) is 4.37 Å². The molecule has 1 aromatic heterocycles. The van der Waals surface area contributed by atoms with Crippen molar-refractivity contribution >= 4 is 16.7 Å². The lowest BCUT2D eigenvalue weighted by molar-refractivity contribution is 0.0843. The molecule has 16 heavy (non-hydrogen) atoms. The van der Waals surface area contributed by atoms with Crippen molar-refractivity contribution in [2.24, 2.45) is 0 Å². The van der Waals surface area contributed by atoms with Gasteiger partial charge in [-0.25, -0.2) is 4.98 Å². The van der Waals surface area contributed by atoms with Gasteiger partial charge in [0.05, 0.1) is 6.54 Å². The largest absolute Gasteiger partial charge is 0.494 e. The third-order valence-corrected chi connectivity index (χ3v) is 2.76. The van der Waals surface area contributed by atoms with Crippen LogP contribution in [-0.2, 0) is 9.47 Å². The lowest BCUT2D eigenvalue weighted by Gasteiger charge is -2.15. The zero-order valence-corrected chi connectivity index (χ0v) is 10.2. The maximum absolute atomic E-state index is 5.38. The molecule has 0 bridgehead atoms. The van der Waals surface area contributed by atoms with Crippen LogP contribution in [0.25, 0.3) is 0 Å². The number of nitrogens with one attached hydrogen (secondary N) is 1. The number of anilines is 1. The third kappa shape index (κ3) is 2.85. The van der Waals surface area contributed by atoms with Crippen LogP contribution in [-0.4, -0.2) is 29.1 Å². The van der Waals surface area contributed by atoms with Gasteiger partial charge in [-0.15, -0.1) is 0 Å². The van der Waals surface area contributed by atoms with Crippen molar-refractivity contribution in [1.82, 2.24) is 9.36 Å². The second-order valence-corrected chi connectivity index (χ2v) is 4.52. The SMILES string of the molecule is CC(C)c1nsc(NCC2=COCCO2)n1.